The van der Waals surface area contributed by atoms with Gasteiger partial charge in [0.1, 0.15) is 17.4 Å². The summed E-state index contributed by atoms with van der Waals surface area (Å²) in [6.45, 7) is 6.70. The second-order valence-electron chi connectivity index (χ2n) is 8.86. The molecule has 1 amide bonds. The minimum Gasteiger partial charge on any atom is -0.484 e. The van der Waals surface area contributed by atoms with E-state index in [0.29, 0.717) is 37.0 Å². The Labute approximate surface area is 215 Å². The van der Waals surface area contributed by atoms with Crippen molar-refractivity contribution in [2.45, 2.75) is 26.7 Å². The molecule has 0 spiro atoms. The molecule has 2 aromatic heterocycles. The third kappa shape index (κ3) is 4.99. The molecule has 0 bridgehead atoms. The topological polar surface area (TPSA) is 76.4 Å². The molecule has 8 nitrogen and oxygen atoms in total. The monoisotopic (exact) mass is 504 g/mol. The van der Waals surface area contributed by atoms with Crippen LogP contribution in [0.1, 0.15) is 24.9 Å². The highest BCUT2D eigenvalue weighted by Crippen LogP contribution is 2.30. The van der Waals surface area contributed by atoms with E-state index in [1.807, 2.05) is 46.8 Å². The number of nitrogens with zero attached hydrogens (tertiary/aromatic N) is 6. The molecule has 1 aliphatic rings. The molecule has 0 N–H and O–H groups in total. The summed E-state index contributed by atoms with van der Waals surface area (Å²) in [5, 5.41) is 6.41. The third-order valence-corrected chi connectivity index (χ3v) is 6.56. The average molecular weight is 505 g/mol. The maximum Gasteiger partial charge on any atom is 0.260 e. The second-order valence-corrected chi connectivity index (χ2v) is 9.29. The van der Waals surface area contributed by atoms with Gasteiger partial charge in [-0.05, 0) is 49.7 Å². The number of carbonyl (C=O) groups is 1. The number of carbonyl (C=O) groups excluding carboxylic acids is 1. The second kappa shape index (κ2) is 10.5. The molecular formula is C27H29ClN6O2. The standard InChI is InChI=1S/C27H29ClN6O2/c1-3-7-23-29-26(25-19(2)31-34(27(25)30-23)21-8-5-4-6-9-21)33-16-14-32(15-17-33)24(35)18-36-22-12-10-20(28)11-13-22/h4-6,8-13H,3,7,14-18H2,1-2H3. The first-order valence-corrected chi connectivity index (χ1v) is 12.6. The zero-order valence-electron chi connectivity index (χ0n) is 20.5. The lowest BCUT2D eigenvalue weighted by atomic mass is 10.2. The molecule has 0 unspecified atom stereocenters. The minimum absolute atomic E-state index is 0.00296. The molecule has 186 valence electrons. The fraction of sp³-hybridized carbons (Fsp3) is 0.333. The number of para-hydroxylation sites is 1. The summed E-state index contributed by atoms with van der Waals surface area (Å²) in [4.78, 5) is 26.7. The highest BCUT2D eigenvalue weighted by atomic mass is 35.5. The number of aromatic nitrogens is 4. The number of fused-ring (bicyclic) bond motifs is 1. The quantitative estimate of drug-likeness (QED) is 0.370. The van der Waals surface area contributed by atoms with Gasteiger partial charge in [0.2, 0.25) is 0 Å². The van der Waals surface area contributed by atoms with Crippen molar-refractivity contribution in [3.63, 3.8) is 0 Å². The normalized spacial score (nSPS) is 13.9. The van der Waals surface area contributed by atoms with Crippen molar-refractivity contribution >= 4 is 34.4 Å². The Morgan fingerprint density at radius 2 is 1.72 bits per heavy atom. The Morgan fingerprint density at radius 3 is 2.42 bits per heavy atom. The Balaban J connectivity index is 1.35. The van der Waals surface area contributed by atoms with E-state index in [2.05, 4.69) is 11.8 Å². The number of aryl methyl sites for hydroxylation is 2. The van der Waals surface area contributed by atoms with E-state index >= 15 is 0 Å². The van der Waals surface area contributed by atoms with Gasteiger partial charge in [0.05, 0.1) is 16.8 Å². The van der Waals surface area contributed by atoms with Crippen molar-refractivity contribution in [2.24, 2.45) is 0 Å². The van der Waals surface area contributed by atoms with Crippen LogP contribution in [-0.2, 0) is 11.2 Å². The van der Waals surface area contributed by atoms with Crippen molar-refractivity contribution in [1.82, 2.24) is 24.6 Å². The van der Waals surface area contributed by atoms with E-state index in [4.69, 9.17) is 31.4 Å². The number of benzene rings is 2. The van der Waals surface area contributed by atoms with Crippen molar-refractivity contribution < 1.29 is 9.53 Å². The van der Waals surface area contributed by atoms with Gasteiger partial charge in [-0.25, -0.2) is 14.6 Å². The predicted octanol–water partition coefficient (Wildman–Crippen LogP) is 4.46. The molecule has 4 aromatic rings. The summed E-state index contributed by atoms with van der Waals surface area (Å²) in [5.74, 6) is 2.31. The largest absolute Gasteiger partial charge is 0.484 e. The van der Waals surface area contributed by atoms with Crippen LogP contribution in [0.3, 0.4) is 0 Å². The fourth-order valence-corrected chi connectivity index (χ4v) is 4.58. The molecule has 5 rings (SSSR count). The Hall–Kier alpha value is -3.65. The van der Waals surface area contributed by atoms with Gasteiger partial charge in [0.25, 0.3) is 5.91 Å². The number of ether oxygens (including phenoxy) is 1. The number of piperazine rings is 1. The Kier molecular flexibility index (Phi) is 7.04. The molecule has 0 radical (unpaired) electrons. The van der Waals surface area contributed by atoms with Gasteiger partial charge in [-0.15, -0.1) is 0 Å². The highest BCUT2D eigenvalue weighted by Gasteiger charge is 2.26. The molecule has 1 aliphatic heterocycles. The van der Waals surface area contributed by atoms with E-state index in [1.165, 1.54) is 0 Å². The van der Waals surface area contributed by atoms with Crippen LogP contribution in [0.5, 0.6) is 5.75 Å². The molecule has 3 heterocycles. The smallest absolute Gasteiger partial charge is 0.260 e. The lowest BCUT2D eigenvalue weighted by Gasteiger charge is -2.35. The first-order valence-electron chi connectivity index (χ1n) is 12.3. The summed E-state index contributed by atoms with van der Waals surface area (Å²) in [7, 11) is 0. The molecule has 0 saturated carbocycles. The van der Waals surface area contributed by atoms with Crippen LogP contribution in [0.15, 0.2) is 54.6 Å². The number of rotatable bonds is 7. The first kappa shape index (κ1) is 24.1. The lowest BCUT2D eigenvalue weighted by Crippen LogP contribution is -2.50. The van der Waals surface area contributed by atoms with Crippen LogP contribution in [-0.4, -0.2) is 63.3 Å². The van der Waals surface area contributed by atoms with Crippen LogP contribution >= 0.6 is 11.6 Å². The van der Waals surface area contributed by atoms with Crippen LogP contribution in [0.2, 0.25) is 5.02 Å². The Morgan fingerprint density at radius 1 is 1.00 bits per heavy atom. The van der Waals surface area contributed by atoms with Gasteiger partial charge >= 0.3 is 0 Å². The van der Waals surface area contributed by atoms with Gasteiger partial charge < -0.3 is 14.5 Å². The van der Waals surface area contributed by atoms with Crippen LogP contribution < -0.4 is 9.64 Å². The maximum absolute atomic E-state index is 12.8. The predicted molar refractivity (Wildman–Crippen MR) is 141 cm³/mol. The van der Waals surface area contributed by atoms with Crippen molar-refractivity contribution in [2.75, 3.05) is 37.7 Å². The van der Waals surface area contributed by atoms with Crippen molar-refractivity contribution in [1.29, 1.82) is 0 Å². The zero-order valence-corrected chi connectivity index (χ0v) is 21.3. The number of amides is 1. The molecule has 1 saturated heterocycles. The number of hydrogen-bond donors (Lipinski definition) is 0. The van der Waals surface area contributed by atoms with Crippen LogP contribution in [0.25, 0.3) is 16.7 Å². The van der Waals surface area contributed by atoms with Crippen molar-refractivity contribution in [3.05, 3.63) is 71.1 Å². The SMILES string of the molecule is CCCc1nc(N2CCN(C(=O)COc3ccc(Cl)cc3)CC2)c2c(C)nn(-c3ccccc3)c2n1. The first-order chi connectivity index (χ1) is 17.5. The number of anilines is 1. The molecule has 2 aromatic carbocycles. The van der Waals surface area contributed by atoms with Crippen LogP contribution in [0.4, 0.5) is 5.82 Å². The molecule has 1 fully saturated rings. The van der Waals surface area contributed by atoms with Gasteiger partial charge in [0, 0.05) is 37.6 Å². The van der Waals surface area contributed by atoms with Crippen molar-refractivity contribution in [3.8, 4) is 11.4 Å². The molecule has 0 aliphatic carbocycles. The van der Waals surface area contributed by atoms with Gasteiger partial charge in [-0.1, -0.05) is 36.7 Å². The summed E-state index contributed by atoms with van der Waals surface area (Å²) >= 11 is 5.92. The molecular weight excluding hydrogens is 476 g/mol. The molecule has 0 atom stereocenters. The Bertz CT molecular complexity index is 1350. The van der Waals surface area contributed by atoms with E-state index in [-0.39, 0.29) is 12.5 Å². The van der Waals surface area contributed by atoms with E-state index in [1.54, 1.807) is 24.3 Å². The summed E-state index contributed by atoms with van der Waals surface area (Å²) in [6, 6.07) is 17.1. The van der Waals surface area contributed by atoms with Gasteiger partial charge in [0.15, 0.2) is 12.3 Å². The maximum atomic E-state index is 12.8. The summed E-state index contributed by atoms with van der Waals surface area (Å²) in [6.07, 6.45) is 1.75. The number of halogens is 1. The molecule has 36 heavy (non-hydrogen) atoms. The zero-order chi connectivity index (χ0) is 25.1. The molecule has 9 heteroatoms. The lowest BCUT2D eigenvalue weighted by molar-refractivity contribution is -0.133. The third-order valence-electron chi connectivity index (χ3n) is 6.31. The highest BCUT2D eigenvalue weighted by molar-refractivity contribution is 6.30. The van der Waals surface area contributed by atoms with Gasteiger partial charge in [-0.2, -0.15) is 5.10 Å². The minimum atomic E-state index is -0.0304. The van der Waals surface area contributed by atoms with Crippen LogP contribution in [0, 0.1) is 6.92 Å². The van der Waals surface area contributed by atoms with Gasteiger partial charge in [-0.3, -0.25) is 4.79 Å². The van der Waals surface area contributed by atoms with E-state index in [0.717, 1.165) is 46.9 Å². The van der Waals surface area contributed by atoms with E-state index < -0.39 is 0 Å². The summed E-state index contributed by atoms with van der Waals surface area (Å²) in [5.41, 5.74) is 2.68. The van der Waals surface area contributed by atoms with E-state index in [9.17, 15) is 4.79 Å². The fourth-order valence-electron chi connectivity index (χ4n) is 4.45. The average Bonchev–Trinajstić information content (AvgIpc) is 3.25. The number of hydrogen-bond acceptors (Lipinski definition) is 6. The summed E-state index contributed by atoms with van der Waals surface area (Å²) < 4.78 is 7.56.